The molecule has 10 heteroatoms. The van der Waals surface area contributed by atoms with Crippen LogP contribution in [0.2, 0.25) is 0 Å². The van der Waals surface area contributed by atoms with Gasteiger partial charge in [0, 0.05) is 0 Å². The molecule has 23 heavy (non-hydrogen) atoms. The summed E-state index contributed by atoms with van der Waals surface area (Å²) in [6, 6.07) is -0.697. The lowest BCUT2D eigenvalue weighted by molar-refractivity contribution is -0.138. The second-order valence-electron chi connectivity index (χ2n) is 4.48. The summed E-state index contributed by atoms with van der Waals surface area (Å²) in [5.74, 6) is -3.94. The molecule has 0 unspecified atom stereocenters. The highest BCUT2D eigenvalue weighted by Gasteiger charge is 2.45. The Morgan fingerprint density at radius 3 is 2.39 bits per heavy atom. The van der Waals surface area contributed by atoms with Crippen LogP contribution in [0, 0.1) is 11.6 Å². The normalized spacial score (nSPS) is 18.3. The van der Waals surface area contributed by atoms with E-state index in [0.29, 0.717) is 12.1 Å². The van der Waals surface area contributed by atoms with E-state index in [0.717, 1.165) is 13.2 Å². The largest absolute Gasteiger partial charge is 0.466 e. The number of allylic oxidation sites excluding steroid dienone is 1. The monoisotopic (exact) mass is 336 g/mol. The standard InChI is InChI=1S/C13H9F5N2O3/c1-23-11(21)8-9(5-2-3-6(14)7(15)4-5)19-12(22)20-10(8)13(16,17)18/h2-4,9H,1H3,(H2,19,20,22)/t9-/m0/s1. The zero-order valence-electron chi connectivity index (χ0n) is 11.4. The van der Waals surface area contributed by atoms with E-state index < -0.39 is 47.1 Å². The van der Waals surface area contributed by atoms with Crippen molar-refractivity contribution in [1.29, 1.82) is 0 Å². The Balaban J connectivity index is 2.65. The van der Waals surface area contributed by atoms with Gasteiger partial charge < -0.3 is 15.4 Å². The first-order valence-electron chi connectivity index (χ1n) is 6.07. The average molecular weight is 336 g/mol. The highest BCUT2D eigenvalue weighted by atomic mass is 19.4. The molecule has 0 spiro atoms. The zero-order chi connectivity index (χ0) is 17.4. The van der Waals surface area contributed by atoms with Crippen molar-refractivity contribution in [3.05, 3.63) is 46.7 Å². The Morgan fingerprint density at radius 1 is 1.22 bits per heavy atom. The van der Waals surface area contributed by atoms with Gasteiger partial charge in [0.15, 0.2) is 11.6 Å². The van der Waals surface area contributed by atoms with Gasteiger partial charge >= 0.3 is 18.2 Å². The summed E-state index contributed by atoms with van der Waals surface area (Å²) in [7, 11) is 0.849. The number of alkyl halides is 3. The third-order valence-corrected chi connectivity index (χ3v) is 3.04. The summed E-state index contributed by atoms with van der Waals surface area (Å²) in [6.45, 7) is 0. The van der Waals surface area contributed by atoms with Crippen molar-refractivity contribution in [2.24, 2.45) is 0 Å². The molecule has 0 bridgehead atoms. The maximum atomic E-state index is 13.3. The van der Waals surface area contributed by atoms with Gasteiger partial charge in [0.25, 0.3) is 0 Å². The number of esters is 1. The third-order valence-electron chi connectivity index (χ3n) is 3.04. The second-order valence-corrected chi connectivity index (χ2v) is 4.48. The van der Waals surface area contributed by atoms with Gasteiger partial charge in [-0.2, -0.15) is 13.2 Å². The van der Waals surface area contributed by atoms with Crippen LogP contribution < -0.4 is 10.6 Å². The molecule has 1 heterocycles. The van der Waals surface area contributed by atoms with Crippen LogP contribution in [0.1, 0.15) is 11.6 Å². The van der Waals surface area contributed by atoms with Crippen molar-refractivity contribution >= 4 is 12.0 Å². The van der Waals surface area contributed by atoms with Crippen LogP contribution in [0.3, 0.4) is 0 Å². The van der Waals surface area contributed by atoms with Crippen molar-refractivity contribution < 1.29 is 36.3 Å². The number of hydrogen-bond acceptors (Lipinski definition) is 3. The number of benzene rings is 1. The Bertz CT molecular complexity index is 699. The van der Waals surface area contributed by atoms with Crippen LogP contribution in [-0.4, -0.2) is 25.3 Å². The molecule has 2 N–H and O–H groups in total. The summed E-state index contributed by atoms with van der Waals surface area (Å²) in [4.78, 5) is 23.2. The fourth-order valence-corrected chi connectivity index (χ4v) is 2.06. The van der Waals surface area contributed by atoms with E-state index in [1.54, 1.807) is 0 Å². The lowest BCUT2D eigenvalue weighted by atomic mass is 9.95. The maximum Gasteiger partial charge on any atom is 0.432 e. The van der Waals surface area contributed by atoms with E-state index in [9.17, 15) is 31.5 Å². The summed E-state index contributed by atoms with van der Waals surface area (Å²) >= 11 is 0. The number of nitrogens with one attached hydrogen (secondary N) is 2. The maximum absolute atomic E-state index is 13.3. The number of carbonyl (C=O) groups is 2. The predicted molar refractivity (Wildman–Crippen MR) is 65.9 cm³/mol. The fraction of sp³-hybridized carbons (Fsp3) is 0.231. The van der Waals surface area contributed by atoms with Crippen LogP contribution in [0.15, 0.2) is 29.5 Å². The molecule has 0 aromatic heterocycles. The minimum atomic E-state index is -5.06. The van der Waals surface area contributed by atoms with Gasteiger partial charge in [-0.1, -0.05) is 6.07 Å². The topological polar surface area (TPSA) is 67.4 Å². The molecule has 0 aliphatic carbocycles. The molecule has 0 radical (unpaired) electrons. The molecule has 0 saturated carbocycles. The number of amides is 2. The molecular formula is C13H9F5N2O3. The lowest BCUT2D eigenvalue weighted by Gasteiger charge is -2.29. The van der Waals surface area contributed by atoms with Gasteiger partial charge in [-0.05, 0) is 17.7 Å². The summed E-state index contributed by atoms with van der Waals surface area (Å²) in [6.07, 6.45) is -5.06. The molecule has 1 aliphatic heterocycles. The molecular weight excluding hydrogens is 327 g/mol. The number of methoxy groups -OCH3 is 1. The van der Waals surface area contributed by atoms with E-state index in [4.69, 9.17) is 0 Å². The van der Waals surface area contributed by atoms with E-state index in [2.05, 4.69) is 4.74 Å². The number of urea groups is 1. The van der Waals surface area contributed by atoms with Gasteiger partial charge in [-0.15, -0.1) is 0 Å². The van der Waals surface area contributed by atoms with Crippen molar-refractivity contribution in [1.82, 2.24) is 10.6 Å². The quantitative estimate of drug-likeness (QED) is 0.643. The molecule has 0 fully saturated rings. The molecule has 124 valence electrons. The van der Waals surface area contributed by atoms with E-state index >= 15 is 0 Å². The molecule has 2 amide bonds. The van der Waals surface area contributed by atoms with Crippen LogP contribution in [0.4, 0.5) is 26.7 Å². The first-order chi connectivity index (χ1) is 10.6. The predicted octanol–water partition coefficient (Wildman–Crippen LogP) is 2.31. The summed E-state index contributed by atoms with van der Waals surface area (Å²) < 4.78 is 69.7. The highest BCUT2D eigenvalue weighted by Crippen LogP contribution is 2.35. The minimum Gasteiger partial charge on any atom is -0.466 e. The molecule has 1 atom stereocenters. The number of ether oxygens (including phenoxy) is 1. The van der Waals surface area contributed by atoms with Gasteiger partial charge in [0.2, 0.25) is 0 Å². The van der Waals surface area contributed by atoms with Crippen LogP contribution in [0.5, 0.6) is 0 Å². The fourth-order valence-electron chi connectivity index (χ4n) is 2.06. The Kier molecular flexibility index (Phi) is 4.26. The van der Waals surface area contributed by atoms with E-state index in [1.807, 2.05) is 5.32 Å². The Morgan fingerprint density at radius 2 is 1.87 bits per heavy atom. The number of carbonyl (C=O) groups excluding carboxylic acids is 2. The second kappa shape index (κ2) is 5.86. The smallest absolute Gasteiger partial charge is 0.432 e. The van der Waals surface area contributed by atoms with Crippen molar-refractivity contribution in [3.8, 4) is 0 Å². The molecule has 1 aromatic carbocycles. The van der Waals surface area contributed by atoms with E-state index in [-0.39, 0.29) is 5.56 Å². The first kappa shape index (κ1) is 16.7. The number of halogens is 5. The van der Waals surface area contributed by atoms with Crippen molar-refractivity contribution in [2.75, 3.05) is 7.11 Å². The minimum absolute atomic E-state index is 0.249. The van der Waals surface area contributed by atoms with Crippen molar-refractivity contribution in [2.45, 2.75) is 12.2 Å². The first-order valence-corrected chi connectivity index (χ1v) is 6.07. The molecule has 2 rings (SSSR count). The van der Waals surface area contributed by atoms with Crippen molar-refractivity contribution in [3.63, 3.8) is 0 Å². The van der Waals surface area contributed by atoms with Gasteiger partial charge in [-0.25, -0.2) is 18.4 Å². The molecule has 1 aromatic rings. The Labute approximate surface area is 126 Å². The number of hydrogen-bond donors (Lipinski definition) is 2. The van der Waals surface area contributed by atoms with Crippen LogP contribution >= 0.6 is 0 Å². The lowest BCUT2D eigenvalue weighted by Crippen LogP contribution is -2.49. The molecule has 0 saturated heterocycles. The van der Waals surface area contributed by atoms with Crippen LogP contribution in [-0.2, 0) is 9.53 Å². The SMILES string of the molecule is COC(=O)C1=C(C(F)(F)F)NC(=O)N[C@H]1c1ccc(F)c(F)c1. The van der Waals surface area contributed by atoms with Gasteiger partial charge in [0.05, 0.1) is 18.7 Å². The highest BCUT2D eigenvalue weighted by molar-refractivity contribution is 5.95. The molecule has 5 nitrogen and oxygen atoms in total. The zero-order valence-corrected chi connectivity index (χ0v) is 11.4. The number of rotatable bonds is 2. The summed E-state index contributed by atoms with van der Waals surface area (Å²) in [5.41, 5.74) is -2.84. The Hall–Kier alpha value is -2.65. The van der Waals surface area contributed by atoms with E-state index in [1.165, 1.54) is 5.32 Å². The molecule has 1 aliphatic rings. The summed E-state index contributed by atoms with van der Waals surface area (Å²) in [5, 5.41) is 3.53. The average Bonchev–Trinajstić information content (AvgIpc) is 2.47. The van der Waals surface area contributed by atoms with Gasteiger partial charge in [0.1, 0.15) is 5.70 Å². The third kappa shape index (κ3) is 3.25. The van der Waals surface area contributed by atoms with Crippen LogP contribution in [0.25, 0.3) is 0 Å². The van der Waals surface area contributed by atoms with Gasteiger partial charge in [-0.3, -0.25) is 0 Å².